The number of aryl methyl sites for hydroxylation is 1. The summed E-state index contributed by atoms with van der Waals surface area (Å²) in [5.74, 6) is 0.785. The second-order valence-corrected chi connectivity index (χ2v) is 8.84. The molecule has 0 bridgehead atoms. The molecule has 0 spiro atoms. The minimum atomic E-state index is -0.0503. The predicted molar refractivity (Wildman–Crippen MR) is 137 cm³/mol. The van der Waals surface area contributed by atoms with Crippen molar-refractivity contribution in [2.75, 3.05) is 38.0 Å². The van der Waals surface area contributed by atoms with Gasteiger partial charge in [-0.3, -0.25) is 14.5 Å². The predicted octanol–water partition coefficient (Wildman–Crippen LogP) is 4.11. The molecule has 1 fully saturated rings. The van der Waals surface area contributed by atoms with Gasteiger partial charge in [-0.1, -0.05) is 35.9 Å². The van der Waals surface area contributed by atoms with E-state index in [0.29, 0.717) is 50.1 Å². The van der Waals surface area contributed by atoms with E-state index >= 15 is 0 Å². The lowest BCUT2D eigenvalue weighted by atomic mass is 10.1. The van der Waals surface area contributed by atoms with Crippen LogP contribution in [0.2, 0.25) is 0 Å². The van der Waals surface area contributed by atoms with E-state index < -0.39 is 0 Å². The highest BCUT2D eigenvalue weighted by Crippen LogP contribution is 2.24. The summed E-state index contributed by atoms with van der Waals surface area (Å²) in [6.45, 7) is 4.76. The van der Waals surface area contributed by atoms with Crippen molar-refractivity contribution in [3.05, 3.63) is 90.0 Å². The van der Waals surface area contributed by atoms with Crippen molar-refractivity contribution in [2.24, 2.45) is 0 Å². The number of hydrogen-bond acceptors (Lipinski definition) is 6. The van der Waals surface area contributed by atoms with E-state index in [9.17, 15) is 9.59 Å². The smallest absolute Gasteiger partial charge is 0.253 e. The van der Waals surface area contributed by atoms with E-state index in [-0.39, 0.29) is 11.8 Å². The van der Waals surface area contributed by atoms with Crippen molar-refractivity contribution in [1.82, 2.24) is 20.0 Å². The van der Waals surface area contributed by atoms with Crippen LogP contribution in [0, 0.1) is 6.92 Å². The van der Waals surface area contributed by atoms with Crippen molar-refractivity contribution in [3.8, 4) is 22.9 Å². The zero-order valence-corrected chi connectivity index (χ0v) is 20.1. The van der Waals surface area contributed by atoms with E-state index in [4.69, 9.17) is 4.42 Å². The zero-order valence-electron chi connectivity index (χ0n) is 20.1. The topological polar surface area (TPSA) is 91.6 Å². The Kier molecular flexibility index (Phi) is 6.86. The number of carbonyl (C=O) groups excluding carboxylic acids is 2. The number of amides is 2. The summed E-state index contributed by atoms with van der Waals surface area (Å²) in [6.07, 6.45) is 0. The first-order valence-corrected chi connectivity index (χ1v) is 11.9. The van der Waals surface area contributed by atoms with Gasteiger partial charge in [-0.05, 0) is 55.5 Å². The van der Waals surface area contributed by atoms with Crippen LogP contribution in [-0.2, 0) is 4.79 Å². The minimum absolute atomic E-state index is 0.0270. The van der Waals surface area contributed by atoms with E-state index in [1.165, 1.54) is 0 Å². The van der Waals surface area contributed by atoms with Crippen molar-refractivity contribution in [3.63, 3.8) is 0 Å². The Labute approximate surface area is 209 Å². The summed E-state index contributed by atoms with van der Waals surface area (Å²) in [4.78, 5) is 29.3. The molecule has 1 aliphatic rings. The van der Waals surface area contributed by atoms with Gasteiger partial charge in [-0.2, -0.15) is 0 Å². The normalized spacial score (nSPS) is 14.0. The van der Waals surface area contributed by atoms with Crippen LogP contribution in [0.5, 0.6) is 0 Å². The zero-order chi connectivity index (χ0) is 24.9. The summed E-state index contributed by atoms with van der Waals surface area (Å²) in [5, 5.41) is 11.2. The molecule has 2 amide bonds. The maximum Gasteiger partial charge on any atom is 0.253 e. The molecule has 2 heterocycles. The third-order valence-corrected chi connectivity index (χ3v) is 6.19. The maximum absolute atomic E-state index is 13.0. The van der Waals surface area contributed by atoms with Gasteiger partial charge in [0.05, 0.1) is 6.54 Å². The van der Waals surface area contributed by atoms with Crippen molar-refractivity contribution in [1.29, 1.82) is 0 Å². The molecule has 3 aromatic carbocycles. The fourth-order valence-corrected chi connectivity index (χ4v) is 4.12. The molecular formula is C28H27N5O3. The summed E-state index contributed by atoms with van der Waals surface area (Å²) in [5.41, 5.74) is 4.16. The summed E-state index contributed by atoms with van der Waals surface area (Å²) in [7, 11) is 0. The minimum Gasteiger partial charge on any atom is -0.416 e. The lowest BCUT2D eigenvalue weighted by Crippen LogP contribution is -2.50. The standard InChI is InChI=1S/C28H27N5O3/c1-20-7-13-24(14-8-20)29-25(34)19-32-15-17-33(18-16-32)28(35)23-11-9-22(10-12-23)27-31-30-26(36-27)21-5-3-2-4-6-21/h2-14H,15-19H2,1H3,(H,29,34). The molecule has 0 aliphatic carbocycles. The lowest BCUT2D eigenvalue weighted by molar-refractivity contribution is -0.117. The molecule has 0 saturated carbocycles. The third-order valence-electron chi connectivity index (χ3n) is 6.19. The third kappa shape index (κ3) is 5.50. The van der Waals surface area contributed by atoms with Crippen LogP contribution in [0.15, 0.2) is 83.3 Å². The second kappa shape index (κ2) is 10.5. The molecule has 0 unspecified atom stereocenters. The molecule has 0 radical (unpaired) electrons. The fraction of sp³-hybridized carbons (Fsp3) is 0.214. The van der Waals surface area contributed by atoms with Gasteiger partial charge in [-0.25, -0.2) is 0 Å². The Bertz CT molecular complexity index is 1330. The molecule has 1 aliphatic heterocycles. The quantitative estimate of drug-likeness (QED) is 0.446. The van der Waals surface area contributed by atoms with Crippen LogP contribution < -0.4 is 5.32 Å². The van der Waals surface area contributed by atoms with Gasteiger partial charge in [0.1, 0.15) is 0 Å². The first-order valence-electron chi connectivity index (χ1n) is 11.9. The van der Waals surface area contributed by atoms with Crippen LogP contribution >= 0.6 is 0 Å². The second-order valence-electron chi connectivity index (χ2n) is 8.84. The summed E-state index contributed by atoms with van der Waals surface area (Å²) >= 11 is 0. The van der Waals surface area contributed by atoms with Gasteiger partial charge in [0.2, 0.25) is 17.7 Å². The SMILES string of the molecule is Cc1ccc(NC(=O)CN2CCN(C(=O)c3ccc(-c4nnc(-c5ccccc5)o4)cc3)CC2)cc1. The number of hydrogen-bond donors (Lipinski definition) is 1. The maximum atomic E-state index is 13.0. The van der Waals surface area contributed by atoms with Crippen molar-refractivity contribution in [2.45, 2.75) is 6.92 Å². The molecule has 8 heteroatoms. The number of piperazine rings is 1. The van der Waals surface area contributed by atoms with Gasteiger partial charge >= 0.3 is 0 Å². The summed E-state index contributed by atoms with van der Waals surface area (Å²) in [6, 6.07) is 24.5. The molecular weight excluding hydrogens is 454 g/mol. The first kappa shape index (κ1) is 23.4. The lowest BCUT2D eigenvalue weighted by Gasteiger charge is -2.34. The number of carbonyl (C=O) groups is 2. The average molecular weight is 482 g/mol. The molecule has 1 saturated heterocycles. The number of rotatable bonds is 6. The average Bonchev–Trinajstić information content (AvgIpc) is 3.41. The molecule has 36 heavy (non-hydrogen) atoms. The molecule has 4 aromatic rings. The Morgan fingerprint density at radius 1 is 0.806 bits per heavy atom. The van der Waals surface area contributed by atoms with Crippen LogP contribution in [0.3, 0.4) is 0 Å². The van der Waals surface area contributed by atoms with Crippen LogP contribution in [0.25, 0.3) is 22.9 Å². The number of nitrogens with zero attached hydrogens (tertiary/aromatic N) is 4. The first-order chi connectivity index (χ1) is 17.5. The van der Waals surface area contributed by atoms with E-state index in [1.807, 2.05) is 78.6 Å². The van der Waals surface area contributed by atoms with Crippen molar-refractivity contribution < 1.29 is 14.0 Å². The van der Waals surface area contributed by atoms with Gasteiger partial charge in [0.25, 0.3) is 5.91 Å². The van der Waals surface area contributed by atoms with E-state index in [2.05, 4.69) is 20.4 Å². The van der Waals surface area contributed by atoms with Gasteiger partial charge in [-0.15, -0.1) is 10.2 Å². The highest BCUT2D eigenvalue weighted by atomic mass is 16.4. The number of benzene rings is 3. The number of anilines is 1. The van der Waals surface area contributed by atoms with Crippen LogP contribution in [0.1, 0.15) is 15.9 Å². The molecule has 8 nitrogen and oxygen atoms in total. The Hall–Kier alpha value is -4.30. The largest absolute Gasteiger partial charge is 0.416 e. The molecule has 5 rings (SSSR count). The van der Waals surface area contributed by atoms with Crippen LogP contribution in [-0.4, -0.2) is 64.5 Å². The molecule has 182 valence electrons. The summed E-state index contributed by atoms with van der Waals surface area (Å²) < 4.78 is 5.80. The molecule has 1 N–H and O–H groups in total. The Morgan fingerprint density at radius 3 is 2.06 bits per heavy atom. The van der Waals surface area contributed by atoms with Gasteiger partial charge < -0.3 is 14.6 Å². The Balaban J connectivity index is 1.13. The van der Waals surface area contributed by atoms with Gasteiger partial charge in [0, 0.05) is 48.6 Å². The van der Waals surface area contributed by atoms with Crippen molar-refractivity contribution >= 4 is 17.5 Å². The van der Waals surface area contributed by atoms with Gasteiger partial charge in [0.15, 0.2) is 0 Å². The van der Waals surface area contributed by atoms with E-state index in [1.54, 1.807) is 12.1 Å². The fourth-order valence-electron chi connectivity index (χ4n) is 4.12. The highest BCUT2D eigenvalue weighted by Gasteiger charge is 2.23. The monoisotopic (exact) mass is 481 g/mol. The van der Waals surface area contributed by atoms with E-state index in [0.717, 1.165) is 22.4 Å². The molecule has 1 aromatic heterocycles. The number of aromatic nitrogens is 2. The Morgan fingerprint density at radius 2 is 1.42 bits per heavy atom. The molecule has 0 atom stereocenters. The number of nitrogens with one attached hydrogen (secondary N) is 1. The highest BCUT2D eigenvalue weighted by molar-refractivity contribution is 5.95. The van der Waals surface area contributed by atoms with Crippen LogP contribution in [0.4, 0.5) is 5.69 Å².